The molecule has 0 radical (unpaired) electrons. The molecule has 1 N–H and O–H groups in total. The number of aryl methyl sites for hydroxylation is 1. The summed E-state index contributed by atoms with van der Waals surface area (Å²) in [6.45, 7) is 4.77. The molecule has 84 valence electrons. The van der Waals surface area contributed by atoms with E-state index in [1.807, 2.05) is 35.4 Å². The highest BCUT2D eigenvalue weighted by Gasteiger charge is 1.96. The van der Waals surface area contributed by atoms with Crippen LogP contribution >= 0.6 is 0 Å². The molecular weight excluding hydrogens is 200 g/mol. The van der Waals surface area contributed by atoms with Crippen molar-refractivity contribution in [2.45, 2.75) is 20.0 Å². The molecule has 2 aromatic rings. The van der Waals surface area contributed by atoms with E-state index in [2.05, 4.69) is 22.3 Å². The molecule has 2 heterocycles. The molecule has 0 aliphatic rings. The Morgan fingerprint density at radius 3 is 3.06 bits per heavy atom. The molecule has 0 saturated heterocycles. The second-order valence-corrected chi connectivity index (χ2v) is 3.75. The minimum atomic E-state index is 0.862. The maximum absolute atomic E-state index is 4.14. The minimum absolute atomic E-state index is 0.862. The fourth-order valence-corrected chi connectivity index (χ4v) is 1.53. The molecule has 0 unspecified atom stereocenters. The third-order valence-corrected chi connectivity index (χ3v) is 2.54. The Balaban J connectivity index is 1.74. The third-order valence-electron chi connectivity index (χ3n) is 2.54. The molecule has 0 atom stereocenters. The van der Waals surface area contributed by atoms with Crippen molar-refractivity contribution < 1.29 is 0 Å². The van der Waals surface area contributed by atoms with Crippen molar-refractivity contribution in [3.05, 3.63) is 48.0 Å². The monoisotopic (exact) mass is 216 g/mol. The summed E-state index contributed by atoms with van der Waals surface area (Å²) in [5.41, 5.74) is 2.53. The van der Waals surface area contributed by atoms with Gasteiger partial charge in [-0.3, -0.25) is 9.67 Å². The van der Waals surface area contributed by atoms with Crippen LogP contribution < -0.4 is 5.32 Å². The summed E-state index contributed by atoms with van der Waals surface area (Å²) in [5.74, 6) is 0. The largest absolute Gasteiger partial charge is 0.311 e. The van der Waals surface area contributed by atoms with Gasteiger partial charge in [0, 0.05) is 37.9 Å². The molecule has 4 heteroatoms. The zero-order valence-electron chi connectivity index (χ0n) is 9.43. The Labute approximate surface area is 95.3 Å². The van der Waals surface area contributed by atoms with Gasteiger partial charge in [-0.2, -0.15) is 5.10 Å². The number of pyridine rings is 1. The van der Waals surface area contributed by atoms with E-state index in [0.717, 1.165) is 19.6 Å². The van der Waals surface area contributed by atoms with Crippen LogP contribution in [0.1, 0.15) is 11.1 Å². The van der Waals surface area contributed by atoms with Gasteiger partial charge in [0.25, 0.3) is 0 Å². The fourth-order valence-electron chi connectivity index (χ4n) is 1.53. The van der Waals surface area contributed by atoms with Crippen LogP contribution in [0.2, 0.25) is 0 Å². The van der Waals surface area contributed by atoms with Crippen molar-refractivity contribution in [1.82, 2.24) is 20.1 Å². The van der Waals surface area contributed by atoms with Crippen molar-refractivity contribution in [1.29, 1.82) is 0 Å². The molecule has 0 aliphatic carbocycles. The molecule has 0 amide bonds. The first-order chi connectivity index (χ1) is 7.86. The van der Waals surface area contributed by atoms with Gasteiger partial charge in [-0.1, -0.05) is 0 Å². The van der Waals surface area contributed by atoms with E-state index >= 15 is 0 Å². The van der Waals surface area contributed by atoms with Crippen molar-refractivity contribution in [2.75, 3.05) is 6.54 Å². The Morgan fingerprint density at radius 1 is 1.38 bits per heavy atom. The fraction of sp³-hybridized carbons (Fsp3) is 0.333. The summed E-state index contributed by atoms with van der Waals surface area (Å²) in [6, 6.07) is 3.97. The molecule has 0 aromatic carbocycles. The van der Waals surface area contributed by atoms with E-state index in [0.29, 0.717) is 0 Å². The molecule has 2 rings (SSSR count). The lowest BCUT2D eigenvalue weighted by atomic mass is 10.1. The summed E-state index contributed by atoms with van der Waals surface area (Å²) >= 11 is 0. The van der Waals surface area contributed by atoms with Gasteiger partial charge in [0.2, 0.25) is 0 Å². The maximum Gasteiger partial charge on any atom is 0.0534 e. The zero-order valence-corrected chi connectivity index (χ0v) is 9.43. The summed E-state index contributed by atoms with van der Waals surface area (Å²) in [7, 11) is 0. The van der Waals surface area contributed by atoms with E-state index in [4.69, 9.17) is 0 Å². The smallest absolute Gasteiger partial charge is 0.0534 e. The normalized spacial score (nSPS) is 10.6. The van der Waals surface area contributed by atoms with Gasteiger partial charge in [-0.25, -0.2) is 0 Å². The number of rotatable bonds is 5. The Hall–Kier alpha value is -1.68. The Bertz CT molecular complexity index is 422. The predicted molar refractivity (Wildman–Crippen MR) is 62.9 cm³/mol. The van der Waals surface area contributed by atoms with Crippen molar-refractivity contribution in [3.8, 4) is 0 Å². The molecule has 2 aromatic heterocycles. The summed E-state index contributed by atoms with van der Waals surface area (Å²) in [6.07, 6.45) is 7.50. The quantitative estimate of drug-likeness (QED) is 0.768. The van der Waals surface area contributed by atoms with Gasteiger partial charge in [-0.15, -0.1) is 0 Å². The van der Waals surface area contributed by atoms with Gasteiger partial charge >= 0.3 is 0 Å². The minimum Gasteiger partial charge on any atom is -0.311 e. The first kappa shape index (κ1) is 10.8. The number of hydrogen-bond donors (Lipinski definition) is 1. The van der Waals surface area contributed by atoms with Crippen LogP contribution in [0, 0.1) is 6.92 Å². The third kappa shape index (κ3) is 2.90. The molecule has 0 fully saturated rings. The van der Waals surface area contributed by atoms with Crippen LogP contribution in [0.5, 0.6) is 0 Å². The molecular formula is C12H16N4. The standard InChI is InChI=1S/C12H16N4/c1-11-3-5-13-9-12(11)10-14-6-8-16-7-2-4-15-16/h2-5,7,9,14H,6,8,10H2,1H3. The topological polar surface area (TPSA) is 42.7 Å². The van der Waals surface area contributed by atoms with Crippen LogP contribution in [0.15, 0.2) is 36.9 Å². The summed E-state index contributed by atoms with van der Waals surface area (Å²) in [4.78, 5) is 4.12. The first-order valence-corrected chi connectivity index (χ1v) is 5.44. The molecule has 0 aliphatic heterocycles. The van der Waals surface area contributed by atoms with Crippen LogP contribution in [0.4, 0.5) is 0 Å². The lowest BCUT2D eigenvalue weighted by Crippen LogP contribution is -2.20. The summed E-state index contributed by atoms with van der Waals surface area (Å²) in [5, 5.41) is 7.52. The molecule has 4 nitrogen and oxygen atoms in total. The summed E-state index contributed by atoms with van der Waals surface area (Å²) < 4.78 is 1.92. The average molecular weight is 216 g/mol. The number of nitrogens with one attached hydrogen (secondary N) is 1. The number of hydrogen-bond acceptors (Lipinski definition) is 3. The van der Waals surface area contributed by atoms with E-state index in [-0.39, 0.29) is 0 Å². The average Bonchev–Trinajstić information content (AvgIpc) is 2.79. The Morgan fingerprint density at radius 2 is 2.31 bits per heavy atom. The van der Waals surface area contributed by atoms with Gasteiger partial charge in [0.15, 0.2) is 0 Å². The highest BCUT2D eigenvalue weighted by Crippen LogP contribution is 2.03. The van der Waals surface area contributed by atoms with Gasteiger partial charge in [0.05, 0.1) is 6.54 Å². The number of aromatic nitrogens is 3. The van der Waals surface area contributed by atoms with Crippen LogP contribution in [0.25, 0.3) is 0 Å². The van der Waals surface area contributed by atoms with E-state index in [9.17, 15) is 0 Å². The van der Waals surface area contributed by atoms with Gasteiger partial charge < -0.3 is 5.32 Å². The Kier molecular flexibility index (Phi) is 3.66. The predicted octanol–water partition coefficient (Wildman–Crippen LogP) is 1.38. The molecule has 0 spiro atoms. The number of nitrogens with zero attached hydrogens (tertiary/aromatic N) is 3. The van der Waals surface area contributed by atoms with Crippen LogP contribution in [-0.4, -0.2) is 21.3 Å². The van der Waals surface area contributed by atoms with Gasteiger partial charge in [0.1, 0.15) is 0 Å². The van der Waals surface area contributed by atoms with Crippen molar-refractivity contribution in [2.24, 2.45) is 0 Å². The van der Waals surface area contributed by atoms with E-state index in [1.54, 1.807) is 6.20 Å². The van der Waals surface area contributed by atoms with Gasteiger partial charge in [-0.05, 0) is 30.2 Å². The highest BCUT2D eigenvalue weighted by atomic mass is 15.3. The lowest BCUT2D eigenvalue weighted by Gasteiger charge is -2.07. The molecule has 0 saturated carbocycles. The van der Waals surface area contributed by atoms with Crippen LogP contribution in [0.3, 0.4) is 0 Å². The SMILES string of the molecule is Cc1ccncc1CNCCn1cccn1. The molecule has 16 heavy (non-hydrogen) atoms. The second-order valence-electron chi connectivity index (χ2n) is 3.75. The first-order valence-electron chi connectivity index (χ1n) is 5.44. The van der Waals surface area contributed by atoms with Crippen LogP contribution in [-0.2, 0) is 13.1 Å². The van der Waals surface area contributed by atoms with E-state index < -0.39 is 0 Å². The lowest BCUT2D eigenvalue weighted by molar-refractivity contribution is 0.554. The van der Waals surface area contributed by atoms with E-state index in [1.165, 1.54) is 11.1 Å². The highest BCUT2D eigenvalue weighted by molar-refractivity contribution is 5.20. The maximum atomic E-state index is 4.14. The van der Waals surface area contributed by atoms with Crippen molar-refractivity contribution >= 4 is 0 Å². The molecule has 0 bridgehead atoms. The second kappa shape index (κ2) is 5.42. The zero-order chi connectivity index (χ0) is 11.2. The van der Waals surface area contributed by atoms with Crippen molar-refractivity contribution in [3.63, 3.8) is 0 Å².